The van der Waals surface area contributed by atoms with E-state index in [0.717, 1.165) is 16.5 Å². The van der Waals surface area contributed by atoms with Gasteiger partial charge in [0.15, 0.2) is 5.58 Å². The van der Waals surface area contributed by atoms with Crippen molar-refractivity contribution < 1.29 is 4.42 Å². The Hall–Kier alpha value is -2.22. The van der Waals surface area contributed by atoms with E-state index >= 15 is 0 Å². The minimum atomic E-state index is 0.680. The van der Waals surface area contributed by atoms with Gasteiger partial charge in [-0.05, 0) is 23.3 Å². The first-order valence-electron chi connectivity index (χ1n) is 5.17. The molecule has 3 rings (SSSR count). The SMILES string of the molecule is Nc1ccc(-c2ccccc2)c2ccoc12. The summed E-state index contributed by atoms with van der Waals surface area (Å²) in [7, 11) is 0. The first kappa shape index (κ1) is 9.04. The van der Waals surface area contributed by atoms with Crippen molar-refractivity contribution in [3.63, 3.8) is 0 Å². The van der Waals surface area contributed by atoms with E-state index < -0.39 is 0 Å². The third kappa shape index (κ3) is 1.27. The third-order valence-corrected chi connectivity index (χ3v) is 2.73. The summed E-state index contributed by atoms with van der Waals surface area (Å²) < 4.78 is 5.39. The molecule has 2 aromatic carbocycles. The lowest BCUT2D eigenvalue weighted by Crippen LogP contribution is -1.86. The molecule has 0 aliphatic heterocycles. The molecule has 0 unspecified atom stereocenters. The molecule has 1 aromatic heterocycles. The highest BCUT2D eigenvalue weighted by molar-refractivity contribution is 5.99. The Balaban J connectivity index is 2.33. The van der Waals surface area contributed by atoms with Crippen LogP contribution in [0.25, 0.3) is 22.1 Å². The fraction of sp³-hybridized carbons (Fsp3) is 0. The van der Waals surface area contributed by atoms with Crippen LogP contribution in [0.2, 0.25) is 0 Å². The van der Waals surface area contributed by atoms with E-state index in [0.29, 0.717) is 5.69 Å². The maximum absolute atomic E-state index is 5.85. The molecule has 1 heterocycles. The molecule has 2 heteroatoms. The minimum absolute atomic E-state index is 0.680. The van der Waals surface area contributed by atoms with E-state index in [9.17, 15) is 0 Å². The summed E-state index contributed by atoms with van der Waals surface area (Å²) in [6, 6.07) is 16.1. The van der Waals surface area contributed by atoms with Crippen molar-refractivity contribution in [2.24, 2.45) is 0 Å². The van der Waals surface area contributed by atoms with E-state index in [4.69, 9.17) is 10.2 Å². The Kier molecular flexibility index (Phi) is 1.93. The van der Waals surface area contributed by atoms with Gasteiger partial charge in [0.2, 0.25) is 0 Å². The summed E-state index contributed by atoms with van der Waals surface area (Å²) in [5.74, 6) is 0. The summed E-state index contributed by atoms with van der Waals surface area (Å²) in [5, 5.41) is 1.06. The van der Waals surface area contributed by atoms with Gasteiger partial charge in [-0.2, -0.15) is 0 Å². The van der Waals surface area contributed by atoms with E-state index in [-0.39, 0.29) is 0 Å². The zero-order valence-corrected chi connectivity index (χ0v) is 8.68. The van der Waals surface area contributed by atoms with Crippen LogP contribution >= 0.6 is 0 Å². The van der Waals surface area contributed by atoms with Gasteiger partial charge in [0, 0.05) is 5.39 Å². The topological polar surface area (TPSA) is 39.2 Å². The lowest BCUT2D eigenvalue weighted by Gasteiger charge is -2.04. The summed E-state index contributed by atoms with van der Waals surface area (Å²) >= 11 is 0. The van der Waals surface area contributed by atoms with Crippen molar-refractivity contribution in [1.29, 1.82) is 0 Å². The maximum atomic E-state index is 5.85. The zero-order chi connectivity index (χ0) is 11.0. The van der Waals surface area contributed by atoms with Gasteiger partial charge in [0.1, 0.15) is 0 Å². The van der Waals surface area contributed by atoms with Crippen LogP contribution in [0, 0.1) is 0 Å². The molecule has 0 atom stereocenters. The molecule has 78 valence electrons. The van der Waals surface area contributed by atoms with Crippen LogP contribution in [0.5, 0.6) is 0 Å². The quantitative estimate of drug-likeness (QED) is 0.621. The molecule has 0 amide bonds. The molecule has 0 saturated heterocycles. The van der Waals surface area contributed by atoms with Crippen LogP contribution in [-0.4, -0.2) is 0 Å². The number of rotatable bonds is 1. The van der Waals surface area contributed by atoms with Crippen molar-refractivity contribution in [1.82, 2.24) is 0 Å². The molecule has 16 heavy (non-hydrogen) atoms. The molecular weight excluding hydrogens is 198 g/mol. The maximum Gasteiger partial charge on any atom is 0.157 e. The average molecular weight is 209 g/mol. The fourth-order valence-corrected chi connectivity index (χ4v) is 1.95. The van der Waals surface area contributed by atoms with E-state index in [2.05, 4.69) is 12.1 Å². The number of nitrogens with two attached hydrogens (primary N) is 1. The molecule has 0 radical (unpaired) electrons. The second-order valence-electron chi connectivity index (χ2n) is 3.73. The molecule has 0 aliphatic carbocycles. The van der Waals surface area contributed by atoms with Gasteiger partial charge >= 0.3 is 0 Å². The Morgan fingerprint density at radius 1 is 0.875 bits per heavy atom. The number of benzene rings is 2. The first-order chi connectivity index (χ1) is 7.86. The van der Waals surface area contributed by atoms with Crippen LogP contribution in [0.4, 0.5) is 5.69 Å². The molecule has 2 nitrogen and oxygen atoms in total. The fourth-order valence-electron chi connectivity index (χ4n) is 1.95. The standard InChI is InChI=1S/C14H11NO/c15-13-7-6-11(10-4-2-1-3-5-10)12-8-9-16-14(12)13/h1-9H,15H2. The van der Waals surface area contributed by atoms with Crippen LogP contribution in [-0.2, 0) is 0 Å². The highest BCUT2D eigenvalue weighted by Gasteiger charge is 2.07. The van der Waals surface area contributed by atoms with E-state index in [1.807, 2.05) is 36.4 Å². The molecule has 0 spiro atoms. The molecule has 2 N–H and O–H groups in total. The Morgan fingerprint density at radius 2 is 1.69 bits per heavy atom. The lowest BCUT2D eigenvalue weighted by molar-refractivity contribution is 0.617. The van der Waals surface area contributed by atoms with Gasteiger partial charge < -0.3 is 10.2 Å². The number of fused-ring (bicyclic) bond motifs is 1. The van der Waals surface area contributed by atoms with Gasteiger partial charge in [-0.1, -0.05) is 36.4 Å². The Bertz CT molecular complexity index is 626. The summed E-state index contributed by atoms with van der Waals surface area (Å²) in [6.07, 6.45) is 1.67. The average Bonchev–Trinajstić information content (AvgIpc) is 2.81. The highest BCUT2D eigenvalue weighted by atomic mass is 16.3. The van der Waals surface area contributed by atoms with Crippen molar-refractivity contribution in [3.8, 4) is 11.1 Å². The smallest absolute Gasteiger partial charge is 0.157 e. The highest BCUT2D eigenvalue weighted by Crippen LogP contribution is 2.32. The summed E-state index contributed by atoms with van der Waals surface area (Å²) in [5.41, 5.74) is 9.63. The third-order valence-electron chi connectivity index (χ3n) is 2.73. The second-order valence-corrected chi connectivity index (χ2v) is 3.73. The Morgan fingerprint density at radius 3 is 2.50 bits per heavy atom. The van der Waals surface area contributed by atoms with Crippen molar-refractivity contribution in [2.75, 3.05) is 5.73 Å². The first-order valence-corrected chi connectivity index (χ1v) is 5.17. The molecule has 0 aliphatic rings. The monoisotopic (exact) mass is 209 g/mol. The molecule has 3 aromatic rings. The second kappa shape index (κ2) is 3.42. The zero-order valence-electron chi connectivity index (χ0n) is 8.68. The number of hydrogen-bond acceptors (Lipinski definition) is 2. The molecule has 0 fully saturated rings. The van der Waals surface area contributed by atoms with Crippen LogP contribution < -0.4 is 5.73 Å². The van der Waals surface area contributed by atoms with Crippen LogP contribution in [0.1, 0.15) is 0 Å². The van der Waals surface area contributed by atoms with Crippen molar-refractivity contribution in [3.05, 3.63) is 54.8 Å². The Labute approximate surface area is 93.3 Å². The summed E-state index contributed by atoms with van der Waals surface area (Å²) in [4.78, 5) is 0. The van der Waals surface area contributed by atoms with Crippen LogP contribution in [0.3, 0.4) is 0 Å². The van der Waals surface area contributed by atoms with Gasteiger partial charge in [0.05, 0.1) is 12.0 Å². The van der Waals surface area contributed by atoms with Crippen LogP contribution in [0.15, 0.2) is 59.2 Å². The predicted molar refractivity (Wildman–Crippen MR) is 66.1 cm³/mol. The number of anilines is 1. The van der Waals surface area contributed by atoms with Crippen molar-refractivity contribution >= 4 is 16.7 Å². The molecular formula is C14H11NO. The van der Waals surface area contributed by atoms with E-state index in [1.165, 1.54) is 5.56 Å². The molecule has 0 saturated carbocycles. The lowest BCUT2D eigenvalue weighted by atomic mass is 10.0. The van der Waals surface area contributed by atoms with Gasteiger partial charge in [0.25, 0.3) is 0 Å². The molecule has 0 bridgehead atoms. The van der Waals surface area contributed by atoms with Crippen molar-refractivity contribution in [2.45, 2.75) is 0 Å². The normalized spacial score (nSPS) is 10.8. The number of furan rings is 1. The summed E-state index contributed by atoms with van der Waals surface area (Å²) in [6.45, 7) is 0. The van der Waals surface area contributed by atoms with Gasteiger partial charge in [-0.25, -0.2) is 0 Å². The number of nitrogen functional groups attached to an aromatic ring is 1. The van der Waals surface area contributed by atoms with Gasteiger partial charge in [-0.15, -0.1) is 0 Å². The van der Waals surface area contributed by atoms with E-state index in [1.54, 1.807) is 6.26 Å². The number of hydrogen-bond donors (Lipinski definition) is 1. The predicted octanol–water partition coefficient (Wildman–Crippen LogP) is 3.68. The minimum Gasteiger partial charge on any atom is -0.462 e. The van der Waals surface area contributed by atoms with Gasteiger partial charge in [-0.3, -0.25) is 0 Å². The largest absolute Gasteiger partial charge is 0.462 e.